The van der Waals surface area contributed by atoms with Gasteiger partial charge in [0.25, 0.3) is 0 Å². The normalized spacial score (nSPS) is 20.8. The first-order valence-corrected chi connectivity index (χ1v) is 7.30. The van der Waals surface area contributed by atoms with Crippen LogP contribution in [0.5, 0.6) is 0 Å². The van der Waals surface area contributed by atoms with Crippen molar-refractivity contribution >= 4 is 16.5 Å². The van der Waals surface area contributed by atoms with Crippen LogP contribution in [0.25, 0.3) is 10.8 Å². The lowest BCUT2D eigenvalue weighted by atomic mass is 9.87. The molecule has 102 valence electrons. The quantitative estimate of drug-likeness (QED) is 0.853. The molecule has 1 fully saturated rings. The summed E-state index contributed by atoms with van der Waals surface area (Å²) >= 11 is 0. The van der Waals surface area contributed by atoms with Crippen LogP contribution in [-0.2, 0) is 0 Å². The van der Waals surface area contributed by atoms with E-state index in [2.05, 4.69) is 37.4 Å². The molecular formula is C18H20N2. The van der Waals surface area contributed by atoms with E-state index in [-0.39, 0.29) is 0 Å². The summed E-state index contributed by atoms with van der Waals surface area (Å²) in [5, 5.41) is 15.1. The van der Waals surface area contributed by atoms with Crippen molar-refractivity contribution in [1.29, 1.82) is 5.26 Å². The van der Waals surface area contributed by atoms with Crippen LogP contribution in [0.2, 0.25) is 0 Å². The second kappa shape index (κ2) is 4.83. The third kappa shape index (κ3) is 2.14. The predicted octanol–water partition coefficient (Wildman–Crippen LogP) is 4.70. The van der Waals surface area contributed by atoms with E-state index in [9.17, 15) is 5.26 Å². The van der Waals surface area contributed by atoms with Gasteiger partial charge in [0.1, 0.15) is 0 Å². The molecular weight excluding hydrogens is 244 g/mol. The van der Waals surface area contributed by atoms with Gasteiger partial charge in [0.05, 0.1) is 11.6 Å². The van der Waals surface area contributed by atoms with Crippen molar-refractivity contribution < 1.29 is 0 Å². The van der Waals surface area contributed by atoms with Gasteiger partial charge in [-0.2, -0.15) is 5.26 Å². The molecule has 20 heavy (non-hydrogen) atoms. The van der Waals surface area contributed by atoms with Crippen LogP contribution in [-0.4, -0.2) is 6.04 Å². The molecule has 2 aromatic carbocycles. The number of nitrogens with zero attached hydrogens (tertiary/aromatic N) is 1. The smallest absolute Gasteiger partial charge is 0.0998 e. The van der Waals surface area contributed by atoms with Crippen molar-refractivity contribution in [3.05, 3.63) is 42.0 Å². The number of nitrogens with one attached hydrogen (secondary N) is 1. The van der Waals surface area contributed by atoms with Gasteiger partial charge in [-0.15, -0.1) is 0 Å². The second-order valence-corrected chi connectivity index (χ2v) is 6.40. The number of rotatable bonds is 2. The summed E-state index contributed by atoms with van der Waals surface area (Å²) in [6.45, 7) is 4.67. The van der Waals surface area contributed by atoms with E-state index < -0.39 is 0 Å². The standard InChI is InChI=1S/C18H20N2/c1-18(2)11-5-8-17(18)20-16-10-9-13(12-19)14-6-3-4-7-15(14)16/h3-4,6-7,9-10,17,20H,5,8,11H2,1-2H3. The predicted molar refractivity (Wildman–Crippen MR) is 83.7 cm³/mol. The zero-order valence-corrected chi connectivity index (χ0v) is 12.1. The Morgan fingerprint density at radius 2 is 1.90 bits per heavy atom. The van der Waals surface area contributed by atoms with Crippen LogP contribution in [0, 0.1) is 16.7 Å². The van der Waals surface area contributed by atoms with E-state index in [0.717, 1.165) is 22.0 Å². The summed E-state index contributed by atoms with van der Waals surface area (Å²) in [6.07, 6.45) is 3.79. The van der Waals surface area contributed by atoms with Gasteiger partial charge < -0.3 is 5.32 Å². The second-order valence-electron chi connectivity index (χ2n) is 6.40. The van der Waals surface area contributed by atoms with Crippen LogP contribution in [0.15, 0.2) is 36.4 Å². The summed E-state index contributed by atoms with van der Waals surface area (Å²) in [5.74, 6) is 0. The number of fused-ring (bicyclic) bond motifs is 1. The maximum Gasteiger partial charge on any atom is 0.0998 e. The Kier molecular flexibility index (Phi) is 3.14. The minimum absolute atomic E-state index is 0.342. The molecule has 0 heterocycles. The number of nitriles is 1. The molecule has 1 unspecified atom stereocenters. The van der Waals surface area contributed by atoms with Crippen LogP contribution in [0.3, 0.4) is 0 Å². The summed E-state index contributed by atoms with van der Waals surface area (Å²) in [4.78, 5) is 0. The molecule has 2 heteroatoms. The zero-order valence-electron chi connectivity index (χ0n) is 12.1. The number of benzene rings is 2. The summed E-state index contributed by atoms with van der Waals surface area (Å²) in [5.41, 5.74) is 2.24. The molecule has 1 atom stereocenters. The largest absolute Gasteiger partial charge is 0.381 e. The average Bonchev–Trinajstić information content (AvgIpc) is 2.78. The third-order valence-corrected chi connectivity index (χ3v) is 4.63. The minimum atomic E-state index is 0.342. The van der Waals surface area contributed by atoms with Crippen molar-refractivity contribution in [1.82, 2.24) is 0 Å². The van der Waals surface area contributed by atoms with E-state index >= 15 is 0 Å². The Bertz CT molecular complexity index is 679. The van der Waals surface area contributed by atoms with Crippen molar-refractivity contribution in [3.8, 4) is 6.07 Å². The molecule has 0 radical (unpaired) electrons. The van der Waals surface area contributed by atoms with Crippen molar-refractivity contribution in [3.63, 3.8) is 0 Å². The van der Waals surface area contributed by atoms with Gasteiger partial charge in [-0.05, 0) is 30.4 Å². The lowest BCUT2D eigenvalue weighted by Crippen LogP contribution is -2.30. The Balaban J connectivity index is 2.03. The Morgan fingerprint density at radius 1 is 1.15 bits per heavy atom. The zero-order chi connectivity index (χ0) is 14.2. The Hall–Kier alpha value is -2.01. The maximum atomic E-state index is 9.22. The molecule has 3 rings (SSSR count). The lowest BCUT2D eigenvalue weighted by Gasteiger charge is -2.29. The first kappa shape index (κ1) is 13.0. The monoisotopic (exact) mass is 264 g/mol. The highest BCUT2D eigenvalue weighted by Gasteiger charge is 2.34. The SMILES string of the molecule is CC1(C)CCCC1Nc1ccc(C#N)c2ccccc12. The fraction of sp³-hybridized carbons (Fsp3) is 0.389. The van der Waals surface area contributed by atoms with E-state index in [4.69, 9.17) is 0 Å². The highest BCUT2D eigenvalue weighted by molar-refractivity contribution is 5.97. The van der Waals surface area contributed by atoms with Crippen LogP contribution >= 0.6 is 0 Å². The molecule has 1 aliphatic rings. The number of anilines is 1. The molecule has 2 aromatic rings. The van der Waals surface area contributed by atoms with E-state index in [1.807, 2.05) is 24.3 Å². The van der Waals surface area contributed by atoms with Gasteiger partial charge in [0.15, 0.2) is 0 Å². The van der Waals surface area contributed by atoms with Crippen LogP contribution < -0.4 is 5.32 Å². The first-order chi connectivity index (χ1) is 9.62. The van der Waals surface area contributed by atoms with Crippen molar-refractivity contribution in [2.24, 2.45) is 5.41 Å². The van der Waals surface area contributed by atoms with Crippen molar-refractivity contribution in [2.45, 2.75) is 39.2 Å². The van der Waals surface area contributed by atoms with E-state index in [1.165, 1.54) is 19.3 Å². The van der Waals surface area contributed by atoms with Gasteiger partial charge in [-0.1, -0.05) is 44.5 Å². The van der Waals surface area contributed by atoms with Crippen LogP contribution in [0.4, 0.5) is 5.69 Å². The fourth-order valence-electron chi connectivity index (χ4n) is 3.30. The molecule has 0 aliphatic heterocycles. The topological polar surface area (TPSA) is 35.8 Å². The molecule has 0 spiro atoms. The molecule has 0 aromatic heterocycles. The molecule has 0 bridgehead atoms. The van der Waals surface area contributed by atoms with Crippen LogP contribution in [0.1, 0.15) is 38.7 Å². The van der Waals surface area contributed by atoms with E-state index in [0.29, 0.717) is 11.5 Å². The molecule has 1 N–H and O–H groups in total. The summed E-state index contributed by atoms with van der Waals surface area (Å²) in [6, 6.07) is 14.9. The number of hydrogen-bond acceptors (Lipinski definition) is 2. The molecule has 1 aliphatic carbocycles. The number of hydrogen-bond donors (Lipinski definition) is 1. The molecule has 1 saturated carbocycles. The minimum Gasteiger partial charge on any atom is -0.381 e. The Labute approximate surface area is 120 Å². The van der Waals surface area contributed by atoms with Crippen molar-refractivity contribution in [2.75, 3.05) is 5.32 Å². The lowest BCUT2D eigenvalue weighted by molar-refractivity contribution is 0.350. The maximum absolute atomic E-state index is 9.22. The highest BCUT2D eigenvalue weighted by atomic mass is 14.9. The molecule has 0 amide bonds. The highest BCUT2D eigenvalue weighted by Crippen LogP contribution is 2.40. The van der Waals surface area contributed by atoms with Gasteiger partial charge in [-0.25, -0.2) is 0 Å². The first-order valence-electron chi connectivity index (χ1n) is 7.30. The van der Waals surface area contributed by atoms with Gasteiger partial charge in [0, 0.05) is 22.5 Å². The molecule has 2 nitrogen and oxygen atoms in total. The summed E-state index contributed by atoms with van der Waals surface area (Å²) < 4.78 is 0. The average molecular weight is 264 g/mol. The summed E-state index contributed by atoms with van der Waals surface area (Å²) in [7, 11) is 0. The van der Waals surface area contributed by atoms with E-state index in [1.54, 1.807) is 0 Å². The third-order valence-electron chi connectivity index (χ3n) is 4.63. The fourth-order valence-corrected chi connectivity index (χ4v) is 3.30. The molecule has 0 saturated heterocycles. The van der Waals surface area contributed by atoms with Gasteiger partial charge >= 0.3 is 0 Å². The van der Waals surface area contributed by atoms with Gasteiger partial charge in [-0.3, -0.25) is 0 Å². The Morgan fingerprint density at radius 3 is 2.55 bits per heavy atom. The van der Waals surface area contributed by atoms with Gasteiger partial charge in [0.2, 0.25) is 0 Å².